The molecule has 0 atom stereocenters. The molecule has 2 aliphatic carbocycles. The van der Waals surface area contributed by atoms with Crippen molar-refractivity contribution in [1.29, 1.82) is 0 Å². The van der Waals surface area contributed by atoms with Crippen molar-refractivity contribution in [2.45, 2.75) is 76.0 Å². The van der Waals surface area contributed by atoms with Crippen LogP contribution in [-0.2, 0) is 0 Å². The number of alkyl halides is 3. The minimum atomic E-state index is -4.04. The van der Waals surface area contributed by atoms with Crippen molar-refractivity contribution in [2.24, 2.45) is 17.6 Å². The molecule has 0 heterocycles. The zero-order chi connectivity index (χ0) is 15.7. The monoisotopic (exact) mass is 306 g/mol. The van der Waals surface area contributed by atoms with Crippen LogP contribution in [0.1, 0.15) is 58.3 Å². The maximum atomic E-state index is 12.9. The van der Waals surface area contributed by atoms with Crippen molar-refractivity contribution in [3.8, 4) is 0 Å². The Morgan fingerprint density at radius 2 is 1.57 bits per heavy atom. The lowest BCUT2D eigenvalue weighted by Gasteiger charge is -2.50. The molecule has 0 aromatic rings. The highest BCUT2D eigenvalue weighted by atomic mass is 19.4. The quantitative estimate of drug-likeness (QED) is 0.855. The normalized spacial score (nSPS) is 38.7. The van der Waals surface area contributed by atoms with Crippen molar-refractivity contribution < 1.29 is 13.2 Å². The summed E-state index contributed by atoms with van der Waals surface area (Å²) in [5.41, 5.74) is 5.79. The molecule has 0 bridgehead atoms. The molecule has 21 heavy (non-hydrogen) atoms. The topological polar surface area (TPSA) is 29.3 Å². The van der Waals surface area contributed by atoms with Gasteiger partial charge in [0, 0.05) is 18.1 Å². The number of hydrogen-bond acceptors (Lipinski definition) is 2. The van der Waals surface area contributed by atoms with Crippen LogP contribution in [0, 0.1) is 11.8 Å². The van der Waals surface area contributed by atoms with E-state index in [1.54, 1.807) is 0 Å². The van der Waals surface area contributed by atoms with E-state index < -0.39 is 12.1 Å². The second-order valence-electron chi connectivity index (χ2n) is 7.27. The van der Waals surface area contributed by atoms with Gasteiger partial charge in [-0.05, 0) is 64.3 Å². The molecule has 2 saturated carbocycles. The van der Waals surface area contributed by atoms with Crippen molar-refractivity contribution in [1.82, 2.24) is 4.90 Å². The van der Waals surface area contributed by atoms with Crippen molar-refractivity contribution in [3.05, 3.63) is 0 Å². The SMILES string of the molecule is CC1CCC(N(C)C2(CN)CCC(C(F)(F)F)CC2)CC1. The minimum absolute atomic E-state index is 0.215. The third kappa shape index (κ3) is 3.73. The van der Waals surface area contributed by atoms with Gasteiger partial charge in [0.1, 0.15) is 0 Å². The molecule has 0 aromatic heterocycles. The Balaban J connectivity index is 1.99. The number of nitrogens with zero attached hydrogens (tertiary/aromatic N) is 1. The highest BCUT2D eigenvalue weighted by Crippen LogP contribution is 2.44. The van der Waals surface area contributed by atoms with E-state index in [9.17, 15) is 13.2 Å². The van der Waals surface area contributed by atoms with Crippen LogP contribution in [0.5, 0.6) is 0 Å². The fourth-order valence-corrected chi connectivity index (χ4v) is 4.20. The molecule has 0 radical (unpaired) electrons. The fourth-order valence-electron chi connectivity index (χ4n) is 4.20. The predicted octanol–water partition coefficient (Wildman–Crippen LogP) is 3.95. The lowest BCUT2D eigenvalue weighted by atomic mass is 9.73. The molecule has 2 N–H and O–H groups in total. The standard InChI is InChI=1S/C16H29F3N2/c1-12-3-5-14(6-4-12)21(2)15(11-20)9-7-13(8-10-15)16(17,18)19/h12-14H,3-11,20H2,1-2H3. The third-order valence-corrected chi connectivity index (χ3v) is 6.04. The van der Waals surface area contributed by atoms with Gasteiger partial charge in [0.15, 0.2) is 0 Å². The maximum Gasteiger partial charge on any atom is 0.391 e. The molecular formula is C16H29F3N2. The van der Waals surface area contributed by atoms with Crippen molar-refractivity contribution in [3.63, 3.8) is 0 Å². The van der Waals surface area contributed by atoms with Crippen LogP contribution in [0.15, 0.2) is 0 Å². The highest BCUT2D eigenvalue weighted by Gasteiger charge is 2.47. The molecule has 2 nitrogen and oxygen atoms in total. The van der Waals surface area contributed by atoms with Gasteiger partial charge in [-0.3, -0.25) is 4.90 Å². The Hall–Kier alpha value is -0.290. The second-order valence-corrected chi connectivity index (χ2v) is 7.27. The zero-order valence-electron chi connectivity index (χ0n) is 13.3. The minimum Gasteiger partial charge on any atom is -0.329 e. The summed E-state index contributed by atoms with van der Waals surface area (Å²) < 4.78 is 38.6. The molecule has 2 aliphatic rings. The van der Waals surface area contributed by atoms with Crippen LogP contribution in [0.2, 0.25) is 0 Å². The zero-order valence-corrected chi connectivity index (χ0v) is 13.3. The van der Waals surface area contributed by atoms with E-state index in [4.69, 9.17) is 5.73 Å². The third-order valence-electron chi connectivity index (χ3n) is 6.04. The number of halogens is 3. The average molecular weight is 306 g/mol. The van der Waals surface area contributed by atoms with E-state index >= 15 is 0 Å². The number of nitrogens with two attached hydrogens (primary N) is 1. The van der Waals surface area contributed by atoms with Gasteiger partial charge in [-0.1, -0.05) is 6.92 Å². The van der Waals surface area contributed by atoms with E-state index in [1.807, 2.05) is 0 Å². The summed E-state index contributed by atoms with van der Waals surface area (Å²) in [4.78, 5) is 2.34. The number of likely N-dealkylation sites (N-methyl/N-ethyl adjacent to an activating group) is 1. The Morgan fingerprint density at radius 1 is 1.05 bits per heavy atom. The fraction of sp³-hybridized carbons (Fsp3) is 1.00. The van der Waals surface area contributed by atoms with Gasteiger partial charge in [0.05, 0.1) is 5.92 Å². The van der Waals surface area contributed by atoms with Crippen molar-refractivity contribution in [2.75, 3.05) is 13.6 Å². The Labute approximate surface area is 126 Å². The first-order valence-electron chi connectivity index (χ1n) is 8.28. The summed E-state index contributed by atoms with van der Waals surface area (Å²) >= 11 is 0. The van der Waals surface area contributed by atoms with Crippen molar-refractivity contribution >= 4 is 0 Å². The summed E-state index contributed by atoms with van der Waals surface area (Å²) in [5, 5.41) is 0. The maximum absolute atomic E-state index is 12.9. The van der Waals surface area contributed by atoms with Crippen LogP contribution >= 0.6 is 0 Å². The Kier molecular flexibility index (Phi) is 5.24. The first-order valence-corrected chi connectivity index (χ1v) is 8.28. The highest BCUT2D eigenvalue weighted by molar-refractivity contribution is 4.98. The summed E-state index contributed by atoms with van der Waals surface area (Å²) in [6.45, 7) is 2.75. The van der Waals surface area contributed by atoms with Gasteiger partial charge in [0.25, 0.3) is 0 Å². The van der Waals surface area contributed by atoms with E-state index in [2.05, 4.69) is 18.9 Å². The first kappa shape index (κ1) is 17.1. The molecule has 0 amide bonds. The van der Waals surface area contributed by atoms with Crippen LogP contribution in [0.3, 0.4) is 0 Å². The summed E-state index contributed by atoms with van der Waals surface area (Å²) in [7, 11) is 2.08. The largest absolute Gasteiger partial charge is 0.391 e. The lowest BCUT2D eigenvalue weighted by molar-refractivity contribution is -0.189. The smallest absolute Gasteiger partial charge is 0.329 e. The molecule has 124 valence electrons. The van der Waals surface area contributed by atoms with E-state index in [1.165, 1.54) is 12.8 Å². The molecular weight excluding hydrogens is 277 g/mol. The Bertz CT molecular complexity index is 327. The first-order chi connectivity index (χ1) is 9.78. The average Bonchev–Trinajstić information content (AvgIpc) is 2.46. The van der Waals surface area contributed by atoms with Gasteiger partial charge < -0.3 is 5.73 Å². The molecule has 5 heteroatoms. The van der Waals surface area contributed by atoms with Crippen LogP contribution in [0.4, 0.5) is 13.2 Å². The summed E-state index contributed by atoms with van der Waals surface area (Å²) in [6.07, 6.45) is 2.33. The van der Waals surface area contributed by atoms with Gasteiger partial charge in [-0.25, -0.2) is 0 Å². The predicted molar refractivity (Wildman–Crippen MR) is 79.0 cm³/mol. The number of hydrogen-bond donors (Lipinski definition) is 1. The molecule has 0 aliphatic heterocycles. The van der Waals surface area contributed by atoms with Gasteiger partial charge in [-0.15, -0.1) is 0 Å². The van der Waals surface area contributed by atoms with Crippen LogP contribution in [0.25, 0.3) is 0 Å². The molecule has 2 fully saturated rings. The van der Waals surface area contributed by atoms with E-state index in [0.29, 0.717) is 25.4 Å². The summed E-state index contributed by atoms with van der Waals surface area (Å²) in [6, 6.07) is 0.493. The molecule has 0 saturated heterocycles. The van der Waals surface area contributed by atoms with Gasteiger partial charge in [0.2, 0.25) is 0 Å². The van der Waals surface area contributed by atoms with E-state index in [0.717, 1.165) is 18.8 Å². The molecule has 0 aromatic carbocycles. The van der Waals surface area contributed by atoms with Gasteiger partial charge >= 0.3 is 6.18 Å². The number of rotatable bonds is 3. The molecule has 2 rings (SSSR count). The van der Waals surface area contributed by atoms with Crippen LogP contribution in [-0.4, -0.2) is 36.2 Å². The molecule has 0 unspecified atom stereocenters. The lowest BCUT2D eigenvalue weighted by Crippen LogP contribution is -2.58. The summed E-state index contributed by atoms with van der Waals surface area (Å²) in [5.74, 6) is -0.346. The molecule has 0 spiro atoms. The second kappa shape index (κ2) is 6.45. The van der Waals surface area contributed by atoms with Gasteiger partial charge in [-0.2, -0.15) is 13.2 Å². The van der Waals surface area contributed by atoms with E-state index in [-0.39, 0.29) is 18.4 Å². The van der Waals surface area contributed by atoms with Crippen LogP contribution < -0.4 is 5.73 Å². The Morgan fingerprint density at radius 3 is 2.00 bits per heavy atom.